The van der Waals surface area contributed by atoms with Crippen molar-refractivity contribution in [2.45, 2.75) is 61.2 Å². The van der Waals surface area contributed by atoms with Crippen molar-refractivity contribution in [3.63, 3.8) is 0 Å². The minimum atomic E-state index is -0.224. The van der Waals surface area contributed by atoms with E-state index in [-0.39, 0.29) is 11.2 Å². The number of aromatic nitrogens is 2. The maximum atomic E-state index is 12.3. The molecule has 1 aromatic heterocycles. The van der Waals surface area contributed by atoms with Crippen LogP contribution in [0.2, 0.25) is 5.02 Å². The average Bonchev–Trinajstić information content (AvgIpc) is 3.08. The summed E-state index contributed by atoms with van der Waals surface area (Å²) in [4.78, 5) is 12.3. The fraction of sp³-hybridized carbons (Fsp3) is 0.500. The molecule has 0 bridgehead atoms. The van der Waals surface area contributed by atoms with Crippen LogP contribution in [-0.4, -0.2) is 27.4 Å². The molecule has 0 saturated heterocycles. The minimum absolute atomic E-state index is 0.0121. The Balaban J connectivity index is 1.45. The van der Waals surface area contributed by atoms with Gasteiger partial charge in [0.05, 0.1) is 5.25 Å². The van der Waals surface area contributed by atoms with E-state index in [2.05, 4.69) is 20.8 Å². The Labute approximate surface area is 167 Å². The first-order valence-corrected chi connectivity index (χ1v) is 11.0. The normalized spacial score (nSPS) is 16.2. The maximum Gasteiger partial charge on any atom is 0.233 e. The smallest absolute Gasteiger partial charge is 0.233 e. The lowest BCUT2D eigenvalue weighted by atomic mass is 9.96. The molecule has 1 fully saturated rings. The highest BCUT2D eigenvalue weighted by atomic mass is 35.5. The molecular weight excluding hydrogens is 388 g/mol. The molecule has 8 heteroatoms. The molecule has 2 aromatic rings. The van der Waals surface area contributed by atoms with Crippen LogP contribution in [0.4, 0.5) is 5.13 Å². The van der Waals surface area contributed by atoms with E-state index in [1.165, 1.54) is 55.2 Å². The van der Waals surface area contributed by atoms with Crippen LogP contribution in [0.25, 0.3) is 0 Å². The van der Waals surface area contributed by atoms with E-state index in [1.54, 1.807) is 0 Å². The Morgan fingerprint density at radius 3 is 2.73 bits per heavy atom. The number of halogens is 1. The highest BCUT2D eigenvalue weighted by Gasteiger charge is 2.19. The number of anilines is 1. The maximum absolute atomic E-state index is 12.3. The zero-order valence-electron chi connectivity index (χ0n) is 14.7. The van der Waals surface area contributed by atoms with Crippen LogP contribution >= 0.6 is 34.7 Å². The predicted octanol–water partition coefficient (Wildman–Crippen LogP) is 4.73. The summed E-state index contributed by atoms with van der Waals surface area (Å²) in [6.45, 7) is 2.38. The van der Waals surface area contributed by atoms with Gasteiger partial charge in [-0.1, -0.05) is 66.1 Å². The van der Waals surface area contributed by atoms with Gasteiger partial charge in [-0.25, -0.2) is 0 Å². The Kier molecular flexibility index (Phi) is 7.16. The summed E-state index contributed by atoms with van der Waals surface area (Å²) in [7, 11) is 0. The second-order valence-electron chi connectivity index (χ2n) is 6.46. The van der Waals surface area contributed by atoms with Crippen LogP contribution in [-0.2, 0) is 11.3 Å². The van der Waals surface area contributed by atoms with Gasteiger partial charge in [-0.15, -0.1) is 10.2 Å². The van der Waals surface area contributed by atoms with Gasteiger partial charge in [0.1, 0.15) is 0 Å². The molecule has 1 atom stereocenters. The largest absolute Gasteiger partial charge is 0.357 e. The topological polar surface area (TPSA) is 66.9 Å². The van der Waals surface area contributed by atoms with E-state index >= 15 is 0 Å². The van der Waals surface area contributed by atoms with Crippen LogP contribution in [0.1, 0.15) is 44.6 Å². The van der Waals surface area contributed by atoms with Crippen LogP contribution in [0, 0.1) is 0 Å². The van der Waals surface area contributed by atoms with Gasteiger partial charge in [-0.3, -0.25) is 4.79 Å². The monoisotopic (exact) mass is 410 g/mol. The van der Waals surface area contributed by atoms with E-state index in [4.69, 9.17) is 11.6 Å². The summed E-state index contributed by atoms with van der Waals surface area (Å²) < 4.78 is 0.817. The van der Waals surface area contributed by atoms with E-state index in [9.17, 15) is 4.79 Å². The number of benzene rings is 1. The highest BCUT2D eigenvalue weighted by Crippen LogP contribution is 2.30. The molecule has 1 amide bonds. The first-order valence-electron chi connectivity index (χ1n) is 8.89. The molecule has 0 aliphatic heterocycles. The zero-order valence-corrected chi connectivity index (χ0v) is 17.1. The first-order chi connectivity index (χ1) is 12.6. The van der Waals surface area contributed by atoms with Crippen molar-refractivity contribution in [1.82, 2.24) is 15.5 Å². The van der Waals surface area contributed by atoms with Gasteiger partial charge in [0.25, 0.3) is 0 Å². The molecule has 1 saturated carbocycles. The quantitative estimate of drug-likeness (QED) is 0.645. The summed E-state index contributed by atoms with van der Waals surface area (Å²) in [6, 6.07) is 7.98. The Morgan fingerprint density at radius 1 is 1.27 bits per heavy atom. The Bertz CT molecular complexity index is 716. The SMILES string of the molecule is CC(Sc1nnc(NC2CCCCC2)s1)C(=O)NCc1ccc(Cl)cc1. The number of carbonyl (C=O) groups excluding carboxylic acids is 1. The number of rotatable bonds is 7. The van der Waals surface area contributed by atoms with Crippen LogP contribution in [0.15, 0.2) is 28.6 Å². The van der Waals surface area contributed by atoms with Gasteiger partial charge in [0.15, 0.2) is 4.34 Å². The molecule has 0 radical (unpaired) electrons. The zero-order chi connectivity index (χ0) is 18.4. The van der Waals surface area contributed by atoms with Crippen molar-refractivity contribution in [2.24, 2.45) is 0 Å². The standard InChI is InChI=1S/C18H23ClN4OS2/c1-12(16(24)20-11-13-7-9-14(19)10-8-13)25-18-23-22-17(26-18)21-15-5-3-2-4-6-15/h7-10,12,15H,2-6,11H2,1H3,(H,20,24)(H,21,22). The molecule has 3 rings (SSSR count). The number of amides is 1. The molecule has 0 spiro atoms. The van der Waals surface area contributed by atoms with Crippen molar-refractivity contribution in [3.8, 4) is 0 Å². The summed E-state index contributed by atoms with van der Waals surface area (Å²) in [5.41, 5.74) is 1.02. The Morgan fingerprint density at radius 2 is 2.00 bits per heavy atom. The Hall–Kier alpha value is -1.31. The lowest BCUT2D eigenvalue weighted by Crippen LogP contribution is -2.30. The third-order valence-corrected chi connectivity index (χ3v) is 6.66. The van der Waals surface area contributed by atoms with Gasteiger partial charge in [-0.2, -0.15) is 0 Å². The lowest BCUT2D eigenvalue weighted by Gasteiger charge is -2.21. The summed E-state index contributed by atoms with van der Waals surface area (Å²) in [6.07, 6.45) is 6.29. The average molecular weight is 411 g/mol. The minimum Gasteiger partial charge on any atom is -0.357 e. The van der Waals surface area contributed by atoms with Gasteiger partial charge in [0.2, 0.25) is 11.0 Å². The lowest BCUT2D eigenvalue weighted by molar-refractivity contribution is -0.120. The molecule has 140 valence electrons. The third kappa shape index (κ3) is 5.86. The van der Waals surface area contributed by atoms with Crippen LogP contribution < -0.4 is 10.6 Å². The van der Waals surface area contributed by atoms with E-state index in [1.807, 2.05) is 31.2 Å². The molecule has 26 heavy (non-hydrogen) atoms. The van der Waals surface area contributed by atoms with Gasteiger partial charge >= 0.3 is 0 Å². The second kappa shape index (κ2) is 9.58. The summed E-state index contributed by atoms with van der Waals surface area (Å²) in [5, 5.41) is 16.2. The van der Waals surface area contributed by atoms with E-state index in [0.29, 0.717) is 17.6 Å². The molecule has 1 aliphatic rings. The van der Waals surface area contributed by atoms with Crippen molar-refractivity contribution in [3.05, 3.63) is 34.9 Å². The van der Waals surface area contributed by atoms with Crippen LogP contribution in [0.3, 0.4) is 0 Å². The van der Waals surface area contributed by atoms with Crippen molar-refractivity contribution in [2.75, 3.05) is 5.32 Å². The van der Waals surface area contributed by atoms with Crippen molar-refractivity contribution < 1.29 is 4.79 Å². The summed E-state index contributed by atoms with van der Waals surface area (Å²) in [5.74, 6) is -0.0121. The number of nitrogens with one attached hydrogen (secondary N) is 2. The molecule has 5 nitrogen and oxygen atoms in total. The molecule has 1 aromatic carbocycles. The third-order valence-electron chi connectivity index (χ3n) is 4.37. The number of hydrogen-bond acceptors (Lipinski definition) is 6. The van der Waals surface area contributed by atoms with Gasteiger partial charge < -0.3 is 10.6 Å². The van der Waals surface area contributed by atoms with Gasteiger partial charge in [0, 0.05) is 17.6 Å². The number of nitrogens with zero attached hydrogens (tertiary/aromatic N) is 2. The van der Waals surface area contributed by atoms with Crippen molar-refractivity contribution in [1.29, 1.82) is 0 Å². The number of hydrogen-bond donors (Lipinski definition) is 2. The number of carbonyl (C=O) groups is 1. The van der Waals surface area contributed by atoms with Crippen molar-refractivity contribution >= 4 is 45.7 Å². The first kappa shape index (κ1) is 19.5. The summed E-state index contributed by atoms with van der Waals surface area (Å²) >= 11 is 8.84. The second-order valence-corrected chi connectivity index (χ2v) is 9.46. The molecule has 1 aliphatic carbocycles. The van der Waals surface area contributed by atoms with E-state index < -0.39 is 0 Å². The highest BCUT2D eigenvalue weighted by molar-refractivity contribution is 8.02. The predicted molar refractivity (Wildman–Crippen MR) is 109 cm³/mol. The van der Waals surface area contributed by atoms with Crippen LogP contribution in [0.5, 0.6) is 0 Å². The van der Waals surface area contributed by atoms with Gasteiger partial charge in [-0.05, 0) is 37.5 Å². The molecule has 1 heterocycles. The van der Waals surface area contributed by atoms with E-state index in [0.717, 1.165) is 15.0 Å². The fourth-order valence-corrected chi connectivity index (χ4v) is 5.00. The molecular formula is C18H23ClN4OS2. The number of thioether (sulfide) groups is 1. The molecule has 1 unspecified atom stereocenters. The molecule has 2 N–H and O–H groups in total. The fourth-order valence-electron chi connectivity index (χ4n) is 2.88.